The highest BCUT2D eigenvalue weighted by atomic mass is 28.2. The number of ether oxygens (including phenoxy) is 1. The normalized spacial score (nSPS) is 14.4. The monoisotopic (exact) mass is 162 g/mol. The Hall–Kier alpha value is 0.137. The second-order valence-electron chi connectivity index (χ2n) is 2.38. The van der Waals surface area contributed by atoms with Crippen LogP contribution in [-0.4, -0.2) is 22.9 Å². The van der Waals surface area contributed by atoms with Gasteiger partial charge in [-0.1, -0.05) is 13.8 Å². The molecular weight excluding hydrogens is 144 g/mol. The fourth-order valence-corrected chi connectivity index (χ4v) is 0.919. The van der Waals surface area contributed by atoms with E-state index in [1.54, 1.807) is 0 Å². The van der Waals surface area contributed by atoms with Crippen molar-refractivity contribution >= 4 is 10.5 Å². The van der Waals surface area contributed by atoms with Crippen molar-refractivity contribution in [2.24, 2.45) is 0 Å². The van der Waals surface area contributed by atoms with Gasteiger partial charge in [-0.25, -0.2) is 0 Å². The first kappa shape index (κ1) is 10.1. The van der Waals surface area contributed by atoms with Crippen molar-refractivity contribution in [2.45, 2.75) is 46.0 Å². The van der Waals surface area contributed by atoms with Crippen molar-refractivity contribution in [1.82, 2.24) is 0 Å². The molecule has 62 valence electrons. The minimum Gasteiger partial charge on any atom is -0.404 e. The number of hydrogen-bond acceptors (Lipinski definition) is 2. The van der Waals surface area contributed by atoms with Gasteiger partial charge in [-0.2, -0.15) is 0 Å². The Balaban J connectivity index is 3.41. The van der Waals surface area contributed by atoms with Gasteiger partial charge >= 0.3 is 0 Å². The minimum absolute atomic E-state index is 0.00318. The number of rotatable bonds is 5. The summed E-state index contributed by atoms with van der Waals surface area (Å²) in [5.41, 5.74) is 0. The topological polar surface area (TPSA) is 18.5 Å². The summed E-state index contributed by atoms with van der Waals surface area (Å²) in [6.45, 7) is 6.22. The van der Waals surface area contributed by atoms with Crippen LogP contribution in [0.5, 0.6) is 0 Å². The van der Waals surface area contributed by atoms with Gasteiger partial charge in [0.2, 0.25) is 0 Å². The Morgan fingerprint density at radius 2 is 1.80 bits per heavy atom. The van der Waals surface area contributed by atoms with Gasteiger partial charge in [-0.15, -0.1) is 0 Å². The van der Waals surface area contributed by atoms with E-state index >= 15 is 0 Å². The van der Waals surface area contributed by atoms with E-state index in [-0.39, 0.29) is 6.29 Å². The van der Waals surface area contributed by atoms with Gasteiger partial charge < -0.3 is 9.16 Å². The van der Waals surface area contributed by atoms with Crippen LogP contribution < -0.4 is 0 Å². The molecule has 1 atom stereocenters. The second kappa shape index (κ2) is 5.89. The highest BCUT2D eigenvalue weighted by molar-refractivity contribution is 5.98. The van der Waals surface area contributed by atoms with Gasteiger partial charge in [0.25, 0.3) is 0 Å². The maximum Gasteiger partial charge on any atom is 0.149 e. The van der Waals surface area contributed by atoms with E-state index in [4.69, 9.17) is 9.16 Å². The fourth-order valence-electron chi connectivity index (χ4n) is 0.808. The van der Waals surface area contributed by atoms with Crippen molar-refractivity contribution in [3.8, 4) is 0 Å². The van der Waals surface area contributed by atoms with E-state index < -0.39 is 0 Å². The Morgan fingerprint density at radius 3 is 2.10 bits per heavy atom. The fraction of sp³-hybridized carbons (Fsp3) is 1.00. The van der Waals surface area contributed by atoms with E-state index in [0.717, 1.165) is 23.3 Å². The molecular formula is C7H18O2Si. The van der Waals surface area contributed by atoms with E-state index in [0.29, 0.717) is 6.10 Å². The van der Waals surface area contributed by atoms with Crippen molar-refractivity contribution in [3.05, 3.63) is 0 Å². The van der Waals surface area contributed by atoms with Crippen LogP contribution in [0.3, 0.4) is 0 Å². The lowest BCUT2D eigenvalue weighted by Crippen LogP contribution is -2.20. The zero-order chi connectivity index (χ0) is 7.98. The lowest BCUT2D eigenvalue weighted by atomic mass is 10.2. The highest BCUT2D eigenvalue weighted by Crippen LogP contribution is 2.05. The van der Waals surface area contributed by atoms with Gasteiger partial charge in [-0.3, -0.25) is 0 Å². The lowest BCUT2D eigenvalue weighted by Gasteiger charge is -2.18. The molecule has 0 saturated carbocycles. The SMILES string of the molecule is CCC(CC)OC(C)O[SiH3]. The van der Waals surface area contributed by atoms with E-state index in [1.165, 1.54) is 0 Å². The summed E-state index contributed by atoms with van der Waals surface area (Å²) < 4.78 is 10.6. The number of hydrogen-bond donors (Lipinski definition) is 0. The molecule has 0 saturated heterocycles. The third kappa shape index (κ3) is 4.03. The third-order valence-electron chi connectivity index (χ3n) is 1.63. The summed E-state index contributed by atoms with van der Waals surface area (Å²) in [5.74, 6) is 0. The first-order chi connectivity index (χ1) is 4.74. The van der Waals surface area contributed by atoms with Crippen LogP contribution in [0.1, 0.15) is 33.6 Å². The predicted molar refractivity (Wildman–Crippen MR) is 45.9 cm³/mol. The molecule has 0 N–H and O–H groups in total. The molecule has 0 aliphatic heterocycles. The van der Waals surface area contributed by atoms with Crippen molar-refractivity contribution in [3.63, 3.8) is 0 Å². The summed E-state index contributed by atoms with van der Waals surface area (Å²) in [4.78, 5) is 0. The Bertz CT molecular complexity index is 74.0. The first-order valence-corrected chi connectivity index (χ1v) is 4.74. The molecule has 0 radical (unpaired) electrons. The standard InChI is InChI=1S/C7H18O2Si/c1-4-7(5-2)8-6(3)9-10/h6-7H,4-5H2,1-3,10H3. The van der Waals surface area contributed by atoms with Crippen LogP contribution in [-0.2, 0) is 9.16 Å². The van der Waals surface area contributed by atoms with E-state index in [9.17, 15) is 0 Å². The molecule has 0 fully saturated rings. The molecule has 1 unspecified atom stereocenters. The maximum atomic E-state index is 5.51. The van der Waals surface area contributed by atoms with Crippen molar-refractivity contribution < 1.29 is 9.16 Å². The molecule has 0 heterocycles. The van der Waals surface area contributed by atoms with Crippen LogP contribution in [0.2, 0.25) is 0 Å². The van der Waals surface area contributed by atoms with Gasteiger partial charge in [0.05, 0.1) is 6.10 Å². The third-order valence-corrected chi connectivity index (χ3v) is 2.29. The molecule has 0 bridgehead atoms. The first-order valence-electron chi connectivity index (χ1n) is 3.92. The molecule has 0 aliphatic carbocycles. The Kier molecular flexibility index (Phi) is 5.97. The zero-order valence-corrected chi connectivity index (χ0v) is 9.39. The molecule has 0 aromatic rings. The molecule has 0 aromatic carbocycles. The predicted octanol–water partition coefficient (Wildman–Crippen LogP) is 0.835. The highest BCUT2D eigenvalue weighted by Gasteiger charge is 2.06. The summed E-state index contributed by atoms with van der Waals surface area (Å²) in [5, 5.41) is 0. The largest absolute Gasteiger partial charge is 0.404 e. The minimum atomic E-state index is -0.00318. The lowest BCUT2D eigenvalue weighted by molar-refractivity contribution is -0.106. The summed E-state index contributed by atoms with van der Waals surface area (Å²) in [7, 11) is 0.758. The summed E-state index contributed by atoms with van der Waals surface area (Å²) in [6, 6.07) is 0. The van der Waals surface area contributed by atoms with Gasteiger partial charge in [0.1, 0.15) is 16.8 Å². The van der Waals surface area contributed by atoms with Gasteiger partial charge in [0, 0.05) is 0 Å². The summed E-state index contributed by atoms with van der Waals surface area (Å²) in [6.07, 6.45) is 2.53. The molecule has 0 amide bonds. The molecule has 10 heavy (non-hydrogen) atoms. The van der Waals surface area contributed by atoms with Crippen LogP contribution in [0, 0.1) is 0 Å². The Morgan fingerprint density at radius 1 is 1.30 bits per heavy atom. The van der Waals surface area contributed by atoms with E-state index in [1.807, 2.05) is 6.92 Å². The molecule has 0 aliphatic rings. The van der Waals surface area contributed by atoms with Crippen LogP contribution in [0.25, 0.3) is 0 Å². The molecule has 0 rings (SSSR count). The van der Waals surface area contributed by atoms with Crippen LogP contribution in [0.15, 0.2) is 0 Å². The van der Waals surface area contributed by atoms with Crippen LogP contribution in [0.4, 0.5) is 0 Å². The van der Waals surface area contributed by atoms with Crippen LogP contribution >= 0.6 is 0 Å². The average molecular weight is 162 g/mol. The average Bonchev–Trinajstić information content (AvgIpc) is 1.99. The van der Waals surface area contributed by atoms with Gasteiger partial charge in [0.15, 0.2) is 0 Å². The molecule has 3 heteroatoms. The molecule has 0 aromatic heterocycles. The molecule has 0 spiro atoms. The quantitative estimate of drug-likeness (QED) is 0.440. The second-order valence-corrected chi connectivity index (χ2v) is 2.85. The molecule has 2 nitrogen and oxygen atoms in total. The maximum absolute atomic E-state index is 5.51. The summed E-state index contributed by atoms with van der Waals surface area (Å²) >= 11 is 0. The van der Waals surface area contributed by atoms with Crippen molar-refractivity contribution in [1.29, 1.82) is 0 Å². The zero-order valence-electron chi connectivity index (χ0n) is 7.39. The van der Waals surface area contributed by atoms with Gasteiger partial charge in [-0.05, 0) is 19.8 Å². The Labute approximate surface area is 66.5 Å². The smallest absolute Gasteiger partial charge is 0.149 e. The van der Waals surface area contributed by atoms with E-state index in [2.05, 4.69) is 13.8 Å². The van der Waals surface area contributed by atoms with Crippen molar-refractivity contribution in [2.75, 3.05) is 0 Å².